The fourth-order valence-corrected chi connectivity index (χ4v) is 9.97. The van der Waals surface area contributed by atoms with Gasteiger partial charge in [-0.2, -0.15) is 5.26 Å². The van der Waals surface area contributed by atoms with Crippen molar-refractivity contribution in [3.63, 3.8) is 0 Å². The van der Waals surface area contributed by atoms with Crippen molar-refractivity contribution in [2.75, 3.05) is 13.1 Å². The molecule has 2 N–H and O–H groups in total. The van der Waals surface area contributed by atoms with Gasteiger partial charge in [0.1, 0.15) is 6.04 Å². The van der Waals surface area contributed by atoms with Crippen molar-refractivity contribution in [2.24, 2.45) is 17.3 Å². The lowest BCUT2D eigenvalue weighted by atomic mass is 9.51. The van der Waals surface area contributed by atoms with Crippen molar-refractivity contribution in [3.8, 4) is 6.07 Å². The minimum absolute atomic E-state index is 0.0118. The van der Waals surface area contributed by atoms with Gasteiger partial charge in [0.25, 0.3) is 0 Å². The summed E-state index contributed by atoms with van der Waals surface area (Å²) in [6, 6.07) is 8.31. The number of hydrogen-bond acceptors (Lipinski definition) is 5. The van der Waals surface area contributed by atoms with Gasteiger partial charge in [-0.15, -0.1) is 0 Å². The first-order chi connectivity index (χ1) is 15.7. The van der Waals surface area contributed by atoms with E-state index in [9.17, 15) is 18.5 Å². The summed E-state index contributed by atoms with van der Waals surface area (Å²) in [5, 5.41) is 13.5. The number of benzene rings is 1. The summed E-state index contributed by atoms with van der Waals surface area (Å²) in [6.45, 7) is 0.924. The molecule has 5 aliphatic rings. The predicted molar refractivity (Wildman–Crippen MR) is 123 cm³/mol. The fraction of sp³-hybridized carbons (Fsp3) is 0.667. The van der Waals surface area contributed by atoms with Crippen LogP contribution < -0.4 is 10.0 Å². The summed E-state index contributed by atoms with van der Waals surface area (Å²) in [7, 11) is -3.64. The maximum absolute atomic E-state index is 13.2. The molecule has 5 fully saturated rings. The van der Waals surface area contributed by atoms with E-state index in [0.29, 0.717) is 23.4 Å². The van der Waals surface area contributed by atoms with Crippen molar-refractivity contribution >= 4 is 27.5 Å². The number of nitrogens with zero attached hydrogens (tertiary/aromatic N) is 2. The lowest BCUT2D eigenvalue weighted by molar-refractivity contribution is -0.130. The fourth-order valence-electron chi connectivity index (χ4n) is 8.35. The van der Waals surface area contributed by atoms with E-state index in [-0.39, 0.29) is 39.9 Å². The summed E-state index contributed by atoms with van der Waals surface area (Å²) >= 11 is 5.95. The third kappa shape index (κ3) is 3.12. The van der Waals surface area contributed by atoms with Crippen LogP contribution in [-0.2, 0) is 14.8 Å². The van der Waals surface area contributed by atoms with Gasteiger partial charge in [-0.1, -0.05) is 11.6 Å². The molecule has 9 heteroatoms. The topological polar surface area (TPSA) is 102 Å². The molecular weight excluding hydrogens is 460 g/mol. The Bertz CT molecular complexity index is 1150. The number of nitrogens with one attached hydrogen (secondary N) is 2. The van der Waals surface area contributed by atoms with E-state index in [1.165, 1.54) is 0 Å². The lowest BCUT2D eigenvalue weighted by Crippen LogP contribution is -2.67. The molecule has 1 aliphatic heterocycles. The van der Waals surface area contributed by atoms with Crippen LogP contribution >= 0.6 is 11.6 Å². The molecule has 1 spiro atoms. The normalized spacial score (nSPS) is 40.5. The third-order valence-corrected chi connectivity index (χ3v) is 11.2. The van der Waals surface area contributed by atoms with Crippen LogP contribution in [0.2, 0.25) is 5.02 Å². The Labute approximate surface area is 199 Å². The van der Waals surface area contributed by atoms with Gasteiger partial charge in [-0.05, 0) is 92.9 Å². The van der Waals surface area contributed by atoms with Gasteiger partial charge in [-0.25, -0.2) is 13.1 Å². The number of nitriles is 1. The molecule has 6 unspecified atom stereocenters. The van der Waals surface area contributed by atoms with Gasteiger partial charge < -0.3 is 10.2 Å². The van der Waals surface area contributed by atoms with Crippen LogP contribution in [0, 0.1) is 28.6 Å². The summed E-state index contributed by atoms with van der Waals surface area (Å²) in [5.74, 6) is 0.956. The van der Waals surface area contributed by atoms with Crippen LogP contribution in [0.25, 0.3) is 0 Å². The van der Waals surface area contributed by atoms with Crippen molar-refractivity contribution in [2.45, 2.75) is 73.4 Å². The zero-order valence-corrected chi connectivity index (χ0v) is 20.1. The number of rotatable bonds is 6. The second kappa shape index (κ2) is 7.17. The molecule has 6 atom stereocenters. The summed E-state index contributed by atoms with van der Waals surface area (Å²) in [5.41, 5.74) is -0.505. The van der Waals surface area contributed by atoms with Crippen LogP contribution in [0.4, 0.5) is 0 Å². The van der Waals surface area contributed by atoms with Crippen molar-refractivity contribution in [1.29, 1.82) is 5.26 Å². The maximum Gasteiger partial charge on any atom is 0.241 e. The van der Waals surface area contributed by atoms with E-state index in [1.54, 1.807) is 29.2 Å². The van der Waals surface area contributed by atoms with Gasteiger partial charge in [0.15, 0.2) is 0 Å². The van der Waals surface area contributed by atoms with Crippen molar-refractivity contribution in [3.05, 3.63) is 29.3 Å². The van der Waals surface area contributed by atoms with Gasteiger partial charge >= 0.3 is 0 Å². The highest BCUT2D eigenvalue weighted by Gasteiger charge is 2.78. The van der Waals surface area contributed by atoms with Crippen LogP contribution in [0.5, 0.6) is 0 Å². The minimum atomic E-state index is -3.64. The molecule has 1 aromatic rings. The molecule has 4 aliphatic carbocycles. The molecule has 7 nitrogen and oxygen atoms in total. The Hall–Kier alpha value is -1.66. The molecule has 3 bridgehead atoms. The van der Waals surface area contributed by atoms with Crippen LogP contribution in [0.15, 0.2) is 29.2 Å². The standard InChI is InChI=1S/C24H29ClN4O3S/c25-18-3-5-20(6-4-18)33(31,32)28-24-10-16-8-22(11-17(12-24)23(24,9-16)15-22)27-14-21(30)29-7-1-2-19(29)13-26/h3-6,16-17,19,27-28H,1-2,7-12,14-15H2. The molecule has 176 valence electrons. The summed E-state index contributed by atoms with van der Waals surface area (Å²) < 4.78 is 29.6. The second-order valence-electron chi connectivity index (χ2n) is 11.1. The number of sulfonamides is 1. The van der Waals surface area contributed by atoms with E-state index in [0.717, 1.165) is 51.4 Å². The van der Waals surface area contributed by atoms with Crippen molar-refractivity contribution < 1.29 is 13.2 Å². The first-order valence-corrected chi connectivity index (χ1v) is 13.8. The number of amides is 1. The average molecular weight is 489 g/mol. The Kier molecular flexibility index (Phi) is 4.75. The molecule has 4 saturated carbocycles. The predicted octanol–water partition coefficient (Wildman–Crippen LogP) is 2.81. The van der Waals surface area contributed by atoms with E-state index >= 15 is 0 Å². The molecule has 1 heterocycles. The van der Waals surface area contributed by atoms with E-state index in [1.807, 2.05) is 0 Å². The molecule has 6 rings (SSSR count). The molecule has 0 aromatic heterocycles. The molecule has 1 saturated heterocycles. The van der Waals surface area contributed by atoms with Crippen LogP contribution in [-0.4, -0.2) is 49.4 Å². The van der Waals surface area contributed by atoms with Gasteiger partial charge in [-0.3, -0.25) is 4.79 Å². The highest BCUT2D eigenvalue weighted by atomic mass is 35.5. The number of fused-ring (bicyclic) bond motifs is 2. The zero-order chi connectivity index (χ0) is 23.1. The van der Waals surface area contributed by atoms with E-state index in [4.69, 9.17) is 11.6 Å². The molecular formula is C24H29ClN4O3S. The molecule has 1 amide bonds. The number of halogens is 1. The molecule has 0 radical (unpaired) electrons. The average Bonchev–Trinajstić information content (AvgIpc) is 3.36. The van der Waals surface area contributed by atoms with Gasteiger partial charge in [0.05, 0.1) is 17.5 Å². The number of carbonyl (C=O) groups is 1. The van der Waals surface area contributed by atoms with E-state index < -0.39 is 10.0 Å². The smallest absolute Gasteiger partial charge is 0.241 e. The monoisotopic (exact) mass is 488 g/mol. The second-order valence-corrected chi connectivity index (χ2v) is 13.2. The van der Waals surface area contributed by atoms with E-state index in [2.05, 4.69) is 16.1 Å². The summed E-state index contributed by atoms with van der Waals surface area (Å²) in [6.07, 6.45) is 7.37. The van der Waals surface area contributed by atoms with Crippen molar-refractivity contribution in [1.82, 2.24) is 14.9 Å². The Morgan fingerprint density at radius 2 is 1.97 bits per heavy atom. The van der Waals surface area contributed by atoms with Crippen LogP contribution in [0.3, 0.4) is 0 Å². The highest BCUT2D eigenvalue weighted by Crippen LogP contribution is 2.78. The zero-order valence-electron chi connectivity index (χ0n) is 18.5. The maximum atomic E-state index is 13.2. The van der Waals surface area contributed by atoms with Gasteiger partial charge in [0.2, 0.25) is 15.9 Å². The summed E-state index contributed by atoms with van der Waals surface area (Å²) in [4.78, 5) is 14.8. The quantitative estimate of drug-likeness (QED) is 0.641. The Morgan fingerprint density at radius 3 is 2.73 bits per heavy atom. The number of hydrogen-bond donors (Lipinski definition) is 2. The minimum Gasteiger partial charge on any atom is -0.326 e. The number of carbonyl (C=O) groups excluding carboxylic acids is 1. The van der Waals surface area contributed by atoms with Gasteiger partial charge in [0, 0.05) is 22.6 Å². The number of likely N-dealkylation sites (tertiary alicyclic amines) is 1. The molecule has 33 heavy (non-hydrogen) atoms. The SMILES string of the molecule is N#CC1CCCN1C(=O)CNC12CC3CC4(NS(=O)(=O)c5ccc(Cl)cc5)CC(C1)C4(C3)C2. The highest BCUT2D eigenvalue weighted by molar-refractivity contribution is 7.89. The first kappa shape index (κ1) is 21.8. The molecule has 1 aromatic carbocycles. The third-order valence-electron chi connectivity index (χ3n) is 9.38. The Morgan fingerprint density at radius 1 is 1.18 bits per heavy atom. The largest absolute Gasteiger partial charge is 0.326 e. The Balaban J connectivity index is 1.19. The lowest BCUT2D eigenvalue weighted by Gasteiger charge is -2.58. The first-order valence-electron chi connectivity index (χ1n) is 11.9. The van der Waals surface area contributed by atoms with Crippen LogP contribution in [0.1, 0.15) is 51.4 Å².